The van der Waals surface area contributed by atoms with Crippen molar-refractivity contribution in [1.29, 1.82) is 0 Å². The van der Waals surface area contributed by atoms with Crippen LogP contribution in [0.15, 0.2) is 45.8 Å². The molecule has 0 fully saturated rings. The number of nitrogens with one attached hydrogen (secondary N) is 1. The zero-order valence-electron chi connectivity index (χ0n) is 15.1. The van der Waals surface area contributed by atoms with E-state index in [4.69, 9.17) is 14.0 Å². The molecule has 0 unspecified atom stereocenters. The van der Waals surface area contributed by atoms with Gasteiger partial charge in [-0.3, -0.25) is 9.59 Å². The Labute approximate surface area is 154 Å². The van der Waals surface area contributed by atoms with Gasteiger partial charge >= 0.3 is 0 Å². The standard InChI is InChI=1S/C18H18N4O5/c1-11-19-18(27-21-11)12-4-7-17(24)22(9-12)10-16(23)20-13-5-6-14(25-2)15(8-13)26-3/h4-9H,10H2,1-3H3,(H,20,23). The SMILES string of the molecule is COc1ccc(NC(=O)Cn2cc(-c3nc(C)no3)ccc2=O)cc1OC. The van der Waals surface area contributed by atoms with E-state index < -0.39 is 0 Å². The van der Waals surface area contributed by atoms with E-state index in [9.17, 15) is 9.59 Å². The van der Waals surface area contributed by atoms with E-state index >= 15 is 0 Å². The first-order valence-electron chi connectivity index (χ1n) is 8.03. The fourth-order valence-corrected chi connectivity index (χ4v) is 2.46. The fraction of sp³-hybridized carbons (Fsp3) is 0.222. The zero-order chi connectivity index (χ0) is 19.4. The Kier molecular flexibility index (Phi) is 5.20. The number of pyridine rings is 1. The molecular weight excluding hydrogens is 352 g/mol. The van der Waals surface area contributed by atoms with E-state index in [0.717, 1.165) is 0 Å². The number of anilines is 1. The second-order valence-corrected chi connectivity index (χ2v) is 5.65. The number of aryl methyl sites for hydroxylation is 1. The van der Waals surface area contributed by atoms with Crippen molar-refractivity contribution < 1.29 is 18.8 Å². The van der Waals surface area contributed by atoms with E-state index in [2.05, 4.69) is 15.5 Å². The van der Waals surface area contributed by atoms with Crippen LogP contribution >= 0.6 is 0 Å². The molecule has 0 bridgehead atoms. The number of aromatic nitrogens is 3. The second-order valence-electron chi connectivity index (χ2n) is 5.65. The summed E-state index contributed by atoms with van der Waals surface area (Å²) in [6.07, 6.45) is 1.50. The zero-order valence-corrected chi connectivity index (χ0v) is 15.1. The maximum Gasteiger partial charge on any atom is 0.259 e. The van der Waals surface area contributed by atoms with Crippen LogP contribution in [0.1, 0.15) is 5.82 Å². The molecule has 0 aliphatic rings. The lowest BCUT2D eigenvalue weighted by atomic mass is 10.2. The molecule has 0 saturated heterocycles. The van der Waals surface area contributed by atoms with Crippen molar-refractivity contribution in [2.24, 2.45) is 0 Å². The first-order valence-corrected chi connectivity index (χ1v) is 8.03. The summed E-state index contributed by atoms with van der Waals surface area (Å²) in [5.41, 5.74) is 0.751. The highest BCUT2D eigenvalue weighted by molar-refractivity contribution is 5.91. The van der Waals surface area contributed by atoms with Crippen molar-refractivity contribution in [2.75, 3.05) is 19.5 Å². The minimum Gasteiger partial charge on any atom is -0.493 e. The first-order chi connectivity index (χ1) is 13.0. The van der Waals surface area contributed by atoms with E-state index in [1.807, 2.05) is 0 Å². The van der Waals surface area contributed by atoms with Gasteiger partial charge in [-0.15, -0.1) is 0 Å². The number of rotatable bonds is 6. The van der Waals surface area contributed by atoms with Crippen molar-refractivity contribution in [1.82, 2.24) is 14.7 Å². The van der Waals surface area contributed by atoms with Crippen molar-refractivity contribution in [2.45, 2.75) is 13.5 Å². The highest BCUT2D eigenvalue weighted by Gasteiger charge is 2.12. The molecule has 3 rings (SSSR count). The fourth-order valence-electron chi connectivity index (χ4n) is 2.46. The van der Waals surface area contributed by atoms with Crippen LogP contribution < -0.4 is 20.3 Å². The molecule has 0 atom stereocenters. The molecule has 140 valence electrons. The van der Waals surface area contributed by atoms with Gasteiger partial charge in [-0.2, -0.15) is 4.98 Å². The van der Waals surface area contributed by atoms with E-state index in [1.54, 1.807) is 31.2 Å². The largest absolute Gasteiger partial charge is 0.493 e. The molecule has 2 heterocycles. The van der Waals surface area contributed by atoms with Gasteiger partial charge in [-0.25, -0.2) is 0 Å². The van der Waals surface area contributed by atoms with Crippen LogP contribution in [0, 0.1) is 6.92 Å². The summed E-state index contributed by atoms with van der Waals surface area (Å²) >= 11 is 0. The van der Waals surface area contributed by atoms with Gasteiger partial charge in [0.2, 0.25) is 5.91 Å². The Balaban J connectivity index is 1.77. The summed E-state index contributed by atoms with van der Waals surface area (Å²) in [5.74, 6) is 1.43. The quantitative estimate of drug-likeness (QED) is 0.705. The third-order valence-electron chi connectivity index (χ3n) is 3.74. The molecule has 9 nitrogen and oxygen atoms in total. The van der Waals surface area contributed by atoms with Crippen molar-refractivity contribution in [3.05, 3.63) is 52.7 Å². The number of benzene rings is 1. The summed E-state index contributed by atoms with van der Waals surface area (Å²) in [5, 5.41) is 6.44. The number of nitrogens with zero attached hydrogens (tertiary/aromatic N) is 3. The molecule has 1 N–H and O–H groups in total. The van der Waals surface area contributed by atoms with E-state index in [1.165, 1.54) is 31.0 Å². The molecule has 0 aliphatic carbocycles. The average molecular weight is 370 g/mol. The van der Waals surface area contributed by atoms with Gasteiger partial charge in [-0.05, 0) is 25.1 Å². The number of carbonyl (C=O) groups is 1. The topological polar surface area (TPSA) is 108 Å². The van der Waals surface area contributed by atoms with Gasteiger partial charge < -0.3 is 23.9 Å². The minimum atomic E-state index is -0.372. The lowest BCUT2D eigenvalue weighted by Gasteiger charge is -2.11. The highest BCUT2D eigenvalue weighted by Crippen LogP contribution is 2.29. The van der Waals surface area contributed by atoms with Crippen LogP contribution in [0.3, 0.4) is 0 Å². The van der Waals surface area contributed by atoms with Gasteiger partial charge in [0.1, 0.15) is 6.54 Å². The van der Waals surface area contributed by atoms with Crippen LogP contribution in [-0.4, -0.2) is 34.8 Å². The van der Waals surface area contributed by atoms with Gasteiger partial charge in [0.15, 0.2) is 17.3 Å². The van der Waals surface area contributed by atoms with E-state index in [-0.39, 0.29) is 23.9 Å². The monoisotopic (exact) mass is 370 g/mol. The summed E-state index contributed by atoms with van der Waals surface area (Å²) in [6, 6.07) is 7.91. The Bertz CT molecular complexity index is 1020. The molecule has 0 radical (unpaired) electrons. The number of hydrogen-bond donors (Lipinski definition) is 1. The Morgan fingerprint density at radius 1 is 1.19 bits per heavy atom. The van der Waals surface area contributed by atoms with Gasteiger partial charge in [-0.1, -0.05) is 5.16 Å². The first kappa shape index (κ1) is 18.2. The predicted molar refractivity (Wildman–Crippen MR) is 96.9 cm³/mol. The van der Waals surface area contributed by atoms with Crippen molar-refractivity contribution >= 4 is 11.6 Å². The highest BCUT2D eigenvalue weighted by atomic mass is 16.5. The number of amides is 1. The van der Waals surface area contributed by atoms with Crippen LogP contribution in [0.25, 0.3) is 11.5 Å². The molecule has 0 saturated carbocycles. The smallest absolute Gasteiger partial charge is 0.259 e. The molecule has 2 aromatic heterocycles. The number of carbonyl (C=O) groups excluding carboxylic acids is 1. The van der Waals surface area contributed by atoms with Crippen LogP contribution in [0.4, 0.5) is 5.69 Å². The maximum absolute atomic E-state index is 12.3. The maximum atomic E-state index is 12.3. The number of hydrogen-bond acceptors (Lipinski definition) is 7. The average Bonchev–Trinajstić information content (AvgIpc) is 3.09. The summed E-state index contributed by atoms with van der Waals surface area (Å²) in [7, 11) is 3.04. The second kappa shape index (κ2) is 7.73. The van der Waals surface area contributed by atoms with Crippen molar-refractivity contribution in [3.8, 4) is 23.0 Å². The minimum absolute atomic E-state index is 0.172. The molecule has 0 spiro atoms. The number of ether oxygens (including phenoxy) is 2. The lowest BCUT2D eigenvalue weighted by Crippen LogP contribution is -2.26. The lowest BCUT2D eigenvalue weighted by molar-refractivity contribution is -0.116. The van der Waals surface area contributed by atoms with Gasteiger partial charge in [0.25, 0.3) is 11.4 Å². The molecule has 0 aliphatic heterocycles. The molecule has 1 aromatic carbocycles. The molecule has 1 amide bonds. The Morgan fingerprint density at radius 2 is 1.96 bits per heavy atom. The number of methoxy groups -OCH3 is 2. The van der Waals surface area contributed by atoms with Crippen molar-refractivity contribution in [3.63, 3.8) is 0 Å². The normalized spacial score (nSPS) is 10.5. The molecule has 27 heavy (non-hydrogen) atoms. The third kappa shape index (κ3) is 4.14. The third-order valence-corrected chi connectivity index (χ3v) is 3.74. The van der Waals surface area contributed by atoms with E-state index in [0.29, 0.717) is 28.6 Å². The summed E-state index contributed by atoms with van der Waals surface area (Å²) in [4.78, 5) is 28.5. The molecular formula is C18H18N4O5. The van der Waals surface area contributed by atoms with Gasteiger partial charge in [0.05, 0.1) is 19.8 Å². The van der Waals surface area contributed by atoms with Crippen LogP contribution in [0.2, 0.25) is 0 Å². The predicted octanol–water partition coefficient (Wildman–Crippen LogP) is 1.86. The summed E-state index contributed by atoms with van der Waals surface area (Å²) < 4.78 is 16.7. The Hall–Kier alpha value is -3.62. The summed E-state index contributed by atoms with van der Waals surface area (Å²) in [6.45, 7) is 1.52. The molecule has 9 heteroatoms. The van der Waals surface area contributed by atoms with Gasteiger partial charge in [0, 0.05) is 24.0 Å². The van der Waals surface area contributed by atoms with Crippen LogP contribution in [-0.2, 0) is 11.3 Å². The molecule has 3 aromatic rings. The van der Waals surface area contributed by atoms with Crippen LogP contribution in [0.5, 0.6) is 11.5 Å². The Morgan fingerprint density at radius 3 is 2.63 bits per heavy atom.